The van der Waals surface area contributed by atoms with Gasteiger partial charge in [-0.15, -0.1) is 0 Å². The number of ketones is 1. The number of aliphatic carboxylic acids is 1. The van der Waals surface area contributed by atoms with Crippen molar-refractivity contribution in [1.29, 1.82) is 0 Å². The van der Waals surface area contributed by atoms with E-state index in [1.54, 1.807) is 38.1 Å². The van der Waals surface area contributed by atoms with E-state index in [9.17, 15) is 14.7 Å². The number of likely N-dealkylation sites (tertiary alicyclic amines) is 1. The molecule has 0 aliphatic carbocycles. The highest BCUT2D eigenvalue weighted by molar-refractivity contribution is 5.96. The normalized spacial score (nSPS) is 14.4. The molecule has 0 atom stereocenters. The fourth-order valence-corrected chi connectivity index (χ4v) is 4.88. The van der Waals surface area contributed by atoms with Gasteiger partial charge in [-0.05, 0) is 61.9 Å². The summed E-state index contributed by atoms with van der Waals surface area (Å²) in [6.07, 6.45) is 3.40. The van der Waals surface area contributed by atoms with E-state index in [1.165, 1.54) is 22.3 Å². The van der Waals surface area contributed by atoms with Gasteiger partial charge >= 0.3 is 5.97 Å². The number of nitrogens with zero attached hydrogens (tertiary/aromatic N) is 1. The first-order chi connectivity index (χ1) is 17.4. The van der Waals surface area contributed by atoms with Crippen LogP contribution in [0, 0.1) is 0 Å². The van der Waals surface area contributed by atoms with Crippen LogP contribution in [-0.2, 0) is 10.2 Å². The van der Waals surface area contributed by atoms with Crippen molar-refractivity contribution in [3.8, 4) is 0 Å². The zero-order valence-electron chi connectivity index (χ0n) is 21.2. The molecule has 4 nitrogen and oxygen atoms in total. The lowest BCUT2D eigenvalue weighted by Crippen LogP contribution is -2.32. The molecule has 1 fully saturated rings. The van der Waals surface area contributed by atoms with Crippen LogP contribution in [0.25, 0.3) is 5.57 Å². The molecule has 186 valence electrons. The second-order valence-corrected chi connectivity index (χ2v) is 10.1. The molecular weight excluding hydrogens is 446 g/mol. The zero-order valence-corrected chi connectivity index (χ0v) is 21.2. The van der Waals surface area contributed by atoms with Gasteiger partial charge in [0.05, 0.1) is 5.41 Å². The Labute approximate surface area is 214 Å². The van der Waals surface area contributed by atoms with Crippen molar-refractivity contribution in [2.24, 2.45) is 0 Å². The number of carbonyl (C=O) groups is 2. The summed E-state index contributed by atoms with van der Waals surface area (Å²) in [5, 5.41) is 9.40. The van der Waals surface area contributed by atoms with Crippen molar-refractivity contribution >= 4 is 17.3 Å². The van der Waals surface area contributed by atoms with Gasteiger partial charge in [-0.1, -0.05) is 90.5 Å². The van der Waals surface area contributed by atoms with Gasteiger partial charge in [0.25, 0.3) is 0 Å². The number of carbonyl (C=O) groups excluding carboxylic acids is 1. The number of piperidine rings is 1. The molecule has 1 saturated heterocycles. The van der Waals surface area contributed by atoms with Gasteiger partial charge in [-0.25, -0.2) is 0 Å². The van der Waals surface area contributed by atoms with Crippen LogP contribution in [0.2, 0.25) is 0 Å². The van der Waals surface area contributed by atoms with Crippen molar-refractivity contribution in [3.63, 3.8) is 0 Å². The molecule has 1 aliphatic rings. The second kappa shape index (κ2) is 11.5. The fraction of sp³-hybridized carbons (Fsp3) is 0.312. The fourth-order valence-electron chi connectivity index (χ4n) is 4.88. The van der Waals surface area contributed by atoms with Gasteiger partial charge in [0, 0.05) is 25.1 Å². The summed E-state index contributed by atoms with van der Waals surface area (Å²) < 4.78 is 0. The SMILES string of the molecule is CC(C)(C(=O)O)c1ccc(C(=O)CCCN2CCC(=C(c3ccccc3)c3ccccc3)CC2)cc1. The number of rotatable bonds is 9. The molecular formula is C32H35NO3. The molecule has 1 heterocycles. The minimum Gasteiger partial charge on any atom is -0.481 e. The topological polar surface area (TPSA) is 57.6 Å². The van der Waals surface area contributed by atoms with E-state index in [4.69, 9.17) is 0 Å². The van der Waals surface area contributed by atoms with Crippen molar-refractivity contribution in [2.75, 3.05) is 19.6 Å². The Kier molecular flexibility index (Phi) is 8.17. The van der Waals surface area contributed by atoms with E-state index in [-0.39, 0.29) is 5.78 Å². The highest BCUT2D eigenvalue weighted by Gasteiger charge is 2.29. The molecule has 3 aromatic rings. The standard InChI is InChI=1S/C32H35NO3/c1-32(2,31(35)36)28-17-15-24(16-18-28)29(34)14-9-21-33-22-19-27(20-23-33)30(25-10-5-3-6-11-25)26-12-7-4-8-13-26/h3-8,10-13,15-18H,9,14,19-23H2,1-2H3,(H,35,36). The monoisotopic (exact) mass is 481 g/mol. The van der Waals surface area contributed by atoms with Crippen LogP contribution in [0.4, 0.5) is 0 Å². The molecule has 36 heavy (non-hydrogen) atoms. The first-order valence-electron chi connectivity index (χ1n) is 12.8. The number of hydrogen-bond donors (Lipinski definition) is 1. The van der Waals surface area contributed by atoms with E-state index < -0.39 is 11.4 Å². The van der Waals surface area contributed by atoms with Gasteiger partial charge in [0.1, 0.15) is 0 Å². The summed E-state index contributed by atoms with van der Waals surface area (Å²) >= 11 is 0. The molecule has 1 aliphatic heterocycles. The predicted molar refractivity (Wildman–Crippen MR) is 145 cm³/mol. The molecule has 0 saturated carbocycles. The van der Waals surface area contributed by atoms with E-state index >= 15 is 0 Å². The average Bonchev–Trinajstić information content (AvgIpc) is 2.91. The Morgan fingerprint density at radius 3 is 1.81 bits per heavy atom. The highest BCUT2D eigenvalue weighted by atomic mass is 16.4. The molecule has 0 radical (unpaired) electrons. The average molecular weight is 482 g/mol. The summed E-state index contributed by atoms with van der Waals surface area (Å²) in [5.74, 6) is -0.761. The number of benzene rings is 3. The Morgan fingerprint density at radius 1 is 0.778 bits per heavy atom. The van der Waals surface area contributed by atoms with Crippen LogP contribution in [0.3, 0.4) is 0 Å². The second-order valence-electron chi connectivity index (χ2n) is 10.1. The van der Waals surface area contributed by atoms with Gasteiger partial charge in [0.15, 0.2) is 5.78 Å². The quantitative estimate of drug-likeness (QED) is 0.349. The van der Waals surface area contributed by atoms with Gasteiger partial charge < -0.3 is 10.0 Å². The highest BCUT2D eigenvalue weighted by Crippen LogP contribution is 2.32. The first-order valence-corrected chi connectivity index (χ1v) is 12.8. The first kappa shape index (κ1) is 25.6. The van der Waals surface area contributed by atoms with Crippen molar-refractivity contribution < 1.29 is 14.7 Å². The maximum atomic E-state index is 12.7. The number of Topliss-reactive ketones (excluding diaryl/α,β-unsaturated/α-hetero) is 1. The minimum absolute atomic E-state index is 0.114. The van der Waals surface area contributed by atoms with Crippen molar-refractivity contribution in [1.82, 2.24) is 4.90 Å². The third-order valence-electron chi connectivity index (χ3n) is 7.28. The molecule has 0 unspecified atom stereocenters. The lowest BCUT2D eigenvalue weighted by molar-refractivity contribution is -0.142. The van der Waals surface area contributed by atoms with Crippen LogP contribution in [0.1, 0.15) is 66.6 Å². The third kappa shape index (κ3) is 6.00. The smallest absolute Gasteiger partial charge is 0.313 e. The van der Waals surface area contributed by atoms with E-state index in [1.807, 2.05) is 0 Å². The Bertz CT molecular complexity index is 1160. The summed E-state index contributed by atoms with van der Waals surface area (Å²) in [5.41, 5.74) is 5.80. The minimum atomic E-state index is -0.968. The van der Waals surface area contributed by atoms with Gasteiger partial charge in [0.2, 0.25) is 0 Å². The lowest BCUT2D eigenvalue weighted by Gasteiger charge is -2.30. The molecule has 4 rings (SSSR count). The third-order valence-corrected chi connectivity index (χ3v) is 7.28. The molecule has 1 N–H and O–H groups in total. The van der Waals surface area contributed by atoms with E-state index in [0.29, 0.717) is 17.5 Å². The van der Waals surface area contributed by atoms with Crippen molar-refractivity contribution in [2.45, 2.75) is 44.9 Å². The molecule has 0 bridgehead atoms. The lowest BCUT2D eigenvalue weighted by atomic mass is 9.84. The van der Waals surface area contributed by atoms with Crippen molar-refractivity contribution in [3.05, 3.63) is 113 Å². The zero-order chi connectivity index (χ0) is 25.5. The number of carboxylic acids is 1. The van der Waals surface area contributed by atoms with Gasteiger partial charge in [-0.3, -0.25) is 9.59 Å². The number of carboxylic acid groups (broad SMARTS) is 1. The summed E-state index contributed by atoms with van der Waals surface area (Å²) in [6, 6.07) is 28.4. The van der Waals surface area contributed by atoms with Crippen LogP contribution in [0.5, 0.6) is 0 Å². The molecule has 0 spiro atoms. The van der Waals surface area contributed by atoms with E-state index in [2.05, 4.69) is 65.6 Å². The summed E-state index contributed by atoms with van der Waals surface area (Å²) in [6.45, 7) is 6.27. The maximum Gasteiger partial charge on any atom is 0.313 e. The van der Waals surface area contributed by atoms with E-state index in [0.717, 1.165) is 38.9 Å². The largest absolute Gasteiger partial charge is 0.481 e. The molecule has 3 aromatic carbocycles. The summed E-state index contributed by atoms with van der Waals surface area (Å²) in [7, 11) is 0. The van der Waals surface area contributed by atoms with Gasteiger partial charge in [-0.2, -0.15) is 0 Å². The predicted octanol–water partition coefficient (Wildman–Crippen LogP) is 6.61. The molecule has 0 amide bonds. The molecule has 0 aromatic heterocycles. The Balaban J connectivity index is 1.33. The maximum absolute atomic E-state index is 12.7. The van der Waals surface area contributed by atoms with Crippen LogP contribution >= 0.6 is 0 Å². The number of hydrogen-bond acceptors (Lipinski definition) is 3. The van der Waals surface area contributed by atoms with Crippen LogP contribution in [0.15, 0.2) is 90.5 Å². The Hall–Kier alpha value is -3.50. The van der Waals surface area contributed by atoms with Crippen LogP contribution in [-0.4, -0.2) is 41.4 Å². The Morgan fingerprint density at radius 2 is 1.31 bits per heavy atom. The molecule has 4 heteroatoms. The van der Waals surface area contributed by atoms with Crippen LogP contribution < -0.4 is 0 Å². The summed E-state index contributed by atoms with van der Waals surface area (Å²) in [4.78, 5) is 26.6.